The lowest BCUT2D eigenvalue weighted by molar-refractivity contribution is -0.114. The van der Waals surface area contributed by atoms with Crippen molar-refractivity contribution in [2.75, 3.05) is 16.4 Å². The van der Waals surface area contributed by atoms with Gasteiger partial charge in [0.15, 0.2) is 0 Å². The Bertz CT molecular complexity index is 689. The van der Waals surface area contributed by atoms with E-state index in [4.69, 9.17) is 11.0 Å². The highest BCUT2D eigenvalue weighted by atomic mass is 16.1. The molecule has 0 unspecified atom stereocenters. The summed E-state index contributed by atoms with van der Waals surface area (Å²) in [4.78, 5) is 11.0. The molecular formula is C15H14N4O. The molecule has 0 heterocycles. The van der Waals surface area contributed by atoms with Crippen LogP contribution in [0, 0.1) is 11.3 Å². The molecule has 5 heteroatoms. The summed E-state index contributed by atoms with van der Waals surface area (Å²) in [6.45, 7) is 1.46. The van der Waals surface area contributed by atoms with Crippen molar-refractivity contribution < 1.29 is 4.79 Å². The van der Waals surface area contributed by atoms with E-state index in [1.807, 2.05) is 18.2 Å². The third kappa shape index (κ3) is 3.27. The SMILES string of the molecule is CC(=O)Nc1cccc(Nc2ccc(C#N)cc2N)c1. The molecule has 0 aliphatic carbocycles. The largest absolute Gasteiger partial charge is 0.397 e. The number of nitrogen functional groups attached to an aromatic ring is 1. The smallest absolute Gasteiger partial charge is 0.221 e. The Hall–Kier alpha value is -3.00. The topological polar surface area (TPSA) is 90.9 Å². The van der Waals surface area contributed by atoms with Crippen molar-refractivity contribution in [3.8, 4) is 6.07 Å². The second kappa shape index (κ2) is 5.76. The fourth-order valence-corrected chi connectivity index (χ4v) is 1.78. The van der Waals surface area contributed by atoms with E-state index < -0.39 is 0 Å². The van der Waals surface area contributed by atoms with Gasteiger partial charge in [0.2, 0.25) is 5.91 Å². The molecular weight excluding hydrogens is 252 g/mol. The molecule has 0 atom stereocenters. The van der Waals surface area contributed by atoms with E-state index in [1.165, 1.54) is 6.92 Å². The lowest BCUT2D eigenvalue weighted by atomic mass is 10.2. The number of hydrogen-bond acceptors (Lipinski definition) is 4. The number of anilines is 4. The monoisotopic (exact) mass is 266 g/mol. The molecule has 0 aliphatic heterocycles. The molecule has 0 bridgehead atoms. The molecule has 100 valence electrons. The van der Waals surface area contributed by atoms with Crippen LogP contribution in [0.4, 0.5) is 22.7 Å². The summed E-state index contributed by atoms with van der Waals surface area (Å²) in [5.74, 6) is -0.125. The summed E-state index contributed by atoms with van der Waals surface area (Å²) in [5, 5.41) is 14.7. The van der Waals surface area contributed by atoms with Gasteiger partial charge in [0.25, 0.3) is 0 Å². The first-order valence-electron chi connectivity index (χ1n) is 6.03. The Morgan fingerprint density at radius 3 is 2.60 bits per heavy atom. The van der Waals surface area contributed by atoms with Crippen molar-refractivity contribution >= 4 is 28.7 Å². The summed E-state index contributed by atoms with van der Waals surface area (Å²) >= 11 is 0. The van der Waals surface area contributed by atoms with E-state index in [9.17, 15) is 4.79 Å². The van der Waals surface area contributed by atoms with Crippen LogP contribution in [0.5, 0.6) is 0 Å². The van der Waals surface area contributed by atoms with Gasteiger partial charge in [-0.2, -0.15) is 5.26 Å². The van der Waals surface area contributed by atoms with Gasteiger partial charge >= 0.3 is 0 Å². The minimum absolute atomic E-state index is 0.125. The Balaban J connectivity index is 2.22. The van der Waals surface area contributed by atoms with Crippen LogP contribution in [0.25, 0.3) is 0 Å². The van der Waals surface area contributed by atoms with Crippen molar-refractivity contribution in [1.82, 2.24) is 0 Å². The molecule has 4 N–H and O–H groups in total. The fraction of sp³-hybridized carbons (Fsp3) is 0.0667. The average molecular weight is 266 g/mol. The molecule has 2 aromatic rings. The first-order valence-corrected chi connectivity index (χ1v) is 6.03. The van der Waals surface area contributed by atoms with E-state index in [1.54, 1.807) is 30.3 Å². The first kappa shape index (κ1) is 13.4. The molecule has 0 aliphatic rings. The second-order valence-electron chi connectivity index (χ2n) is 4.30. The molecule has 0 saturated carbocycles. The zero-order chi connectivity index (χ0) is 14.5. The molecule has 1 amide bonds. The maximum Gasteiger partial charge on any atom is 0.221 e. The number of nitrogens with zero attached hydrogens (tertiary/aromatic N) is 1. The van der Waals surface area contributed by atoms with Crippen LogP contribution in [-0.4, -0.2) is 5.91 Å². The van der Waals surface area contributed by atoms with Gasteiger partial charge in [-0.25, -0.2) is 0 Å². The highest BCUT2D eigenvalue weighted by Crippen LogP contribution is 2.25. The van der Waals surface area contributed by atoms with E-state index >= 15 is 0 Å². The molecule has 0 spiro atoms. The number of benzene rings is 2. The van der Waals surface area contributed by atoms with Gasteiger partial charge in [-0.1, -0.05) is 6.07 Å². The molecule has 0 radical (unpaired) electrons. The van der Waals surface area contributed by atoms with Gasteiger partial charge in [-0.15, -0.1) is 0 Å². The Morgan fingerprint density at radius 2 is 1.95 bits per heavy atom. The zero-order valence-corrected chi connectivity index (χ0v) is 11.0. The Kier molecular flexibility index (Phi) is 3.87. The number of nitriles is 1. The highest BCUT2D eigenvalue weighted by molar-refractivity contribution is 5.89. The van der Waals surface area contributed by atoms with Crippen LogP contribution in [-0.2, 0) is 4.79 Å². The van der Waals surface area contributed by atoms with Crippen LogP contribution in [0.3, 0.4) is 0 Å². The van der Waals surface area contributed by atoms with Gasteiger partial charge in [0.1, 0.15) is 0 Å². The number of nitrogens with one attached hydrogen (secondary N) is 2. The summed E-state index contributed by atoms with van der Waals surface area (Å²) in [6.07, 6.45) is 0. The number of amides is 1. The van der Waals surface area contributed by atoms with Crippen molar-refractivity contribution in [2.45, 2.75) is 6.92 Å². The molecule has 0 saturated heterocycles. The number of hydrogen-bond donors (Lipinski definition) is 3. The predicted molar refractivity (Wildman–Crippen MR) is 79.6 cm³/mol. The summed E-state index contributed by atoms with van der Waals surface area (Å²) in [5.41, 5.74) is 9.10. The van der Waals surface area contributed by atoms with Gasteiger partial charge in [0, 0.05) is 18.3 Å². The lowest BCUT2D eigenvalue weighted by Crippen LogP contribution is -2.05. The van der Waals surface area contributed by atoms with E-state index in [-0.39, 0.29) is 5.91 Å². The van der Waals surface area contributed by atoms with Crippen LogP contribution in [0.2, 0.25) is 0 Å². The zero-order valence-electron chi connectivity index (χ0n) is 11.0. The van der Waals surface area contributed by atoms with E-state index in [2.05, 4.69) is 10.6 Å². The minimum atomic E-state index is -0.125. The number of carbonyl (C=O) groups excluding carboxylic acids is 1. The summed E-state index contributed by atoms with van der Waals surface area (Å²) in [6, 6.07) is 14.4. The molecule has 20 heavy (non-hydrogen) atoms. The lowest BCUT2D eigenvalue weighted by Gasteiger charge is -2.11. The summed E-state index contributed by atoms with van der Waals surface area (Å²) < 4.78 is 0. The minimum Gasteiger partial charge on any atom is -0.397 e. The predicted octanol–water partition coefficient (Wildman–Crippen LogP) is 2.84. The molecule has 2 aromatic carbocycles. The van der Waals surface area contributed by atoms with Crippen molar-refractivity contribution in [2.24, 2.45) is 0 Å². The fourth-order valence-electron chi connectivity index (χ4n) is 1.78. The first-order chi connectivity index (χ1) is 9.58. The van der Waals surface area contributed by atoms with Gasteiger partial charge in [0.05, 0.1) is 23.0 Å². The normalized spacial score (nSPS) is 9.60. The van der Waals surface area contributed by atoms with Crippen molar-refractivity contribution in [3.05, 3.63) is 48.0 Å². The van der Waals surface area contributed by atoms with Crippen LogP contribution in [0.1, 0.15) is 12.5 Å². The van der Waals surface area contributed by atoms with Crippen LogP contribution < -0.4 is 16.4 Å². The quantitative estimate of drug-likeness (QED) is 0.745. The maximum atomic E-state index is 11.0. The number of carbonyl (C=O) groups is 1. The Morgan fingerprint density at radius 1 is 1.20 bits per heavy atom. The maximum absolute atomic E-state index is 11.0. The van der Waals surface area contributed by atoms with Gasteiger partial charge in [-0.05, 0) is 36.4 Å². The molecule has 5 nitrogen and oxygen atoms in total. The van der Waals surface area contributed by atoms with Crippen LogP contribution >= 0.6 is 0 Å². The molecule has 2 rings (SSSR count). The van der Waals surface area contributed by atoms with Crippen molar-refractivity contribution in [1.29, 1.82) is 5.26 Å². The van der Waals surface area contributed by atoms with Crippen LogP contribution in [0.15, 0.2) is 42.5 Å². The molecule has 0 aromatic heterocycles. The third-order valence-corrected chi connectivity index (χ3v) is 2.64. The molecule has 0 fully saturated rings. The standard InChI is InChI=1S/C15H14N4O/c1-10(20)18-12-3-2-4-13(8-12)19-15-6-5-11(9-16)7-14(15)17/h2-8,19H,17H2,1H3,(H,18,20). The van der Waals surface area contributed by atoms with Gasteiger partial charge < -0.3 is 16.4 Å². The summed E-state index contributed by atoms with van der Waals surface area (Å²) in [7, 11) is 0. The van der Waals surface area contributed by atoms with E-state index in [0.717, 1.165) is 5.69 Å². The van der Waals surface area contributed by atoms with Gasteiger partial charge in [-0.3, -0.25) is 4.79 Å². The average Bonchev–Trinajstić information content (AvgIpc) is 2.41. The number of nitrogens with two attached hydrogens (primary N) is 1. The Labute approximate surface area is 117 Å². The highest BCUT2D eigenvalue weighted by Gasteiger charge is 2.02. The second-order valence-corrected chi connectivity index (χ2v) is 4.30. The number of rotatable bonds is 3. The van der Waals surface area contributed by atoms with Crippen molar-refractivity contribution in [3.63, 3.8) is 0 Å². The van der Waals surface area contributed by atoms with E-state index in [0.29, 0.717) is 22.6 Å². The third-order valence-electron chi connectivity index (χ3n) is 2.64.